The number of nitro benzene ring substituents is 1. The molecule has 10 nitrogen and oxygen atoms in total. The maximum absolute atomic E-state index is 12.0. The van der Waals surface area contributed by atoms with Gasteiger partial charge < -0.3 is 5.11 Å². The van der Waals surface area contributed by atoms with Gasteiger partial charge in [-0.3, -0.25) is 19.5 Å². The van der Waals surface area contributed by atoms with E-state index in [4.69, 9.17) is 0 Å². The van der Waals surface area contributed by atoms with Crippen LogP contribution in [0.4, 0.5) is 5.69 Å². The molecule has 0 aliphatic carbocycles. The molecule has 0 spiro atoms. The van der Waals surface area contributed by atoms with Crippen molar-refractivity contribution in [1.29, 1.82) is 0 Å². The molecule has 1 heterocycles. The molecule has 0 saturated carbocycles. The minimum Gasteiger partial charge on any atom is -0.507 e. The summed E-state index contributed by atoms with van der Waals surface area (Å²) >= 11 is 1.19. The predicted molar refractivity (Wildman–Crippen MR) is 107 cm³/mol. The van der Waals surface area contributed by atoms with E-state index in [1.807, 2.05) is 41.8 Å². The van der Waals surface area contributed by atoms with Gasteiger partial charge in [0.15, 0.2) is 5.16 Å². The van der Waals surface area contributed by atoms with E-state index in [0.29, 0.717) is 11.0 Å². The first-order valence-electron chi connectivity index (χ1n) is 8.35. The lowest BCUT2D eigenvalue weighted by atomic mass is 10.2. The summed E-state index contributed by atoms with van der Waals surface area (Å²) in [5.41, 5.74) is 3.13. The topological polar surface area (TPSA) is 136 Å². The van der Waals surface area contributed by atoms with Crippen molar-refractivity contribution in [1.82, 2.24) is 20.2 Å². The van der Waals surface area contributed by atoms with E-state index in [1.54, 1.807) is 0 Å². The van der Waals surface area contributed by atoms with E-state index in [-0.39, 0.29) is 22.8 Å². The number of nitro groups is 1. The third-order valence-electron chi connectivity index (χ3n) is 3.76. The number of thioether (sulfide) groups is 1. The number of nitrogens with zero attached hydrogens (tertiary/aromatic N) is 5. The second-order valence-corrected chi connectivity index (χ2v) is 6.73. The molecule has 0 bridgehead atoms. The van der Waals surface area contributed by atoms with Gasteiger partial charge in [0.05, 0.1) is 16.9 Å². The number of aryl methyl sites for hydroxylation is 1. The van der Waals surface area contributed by atoms with Crippen LogP contribution in [-0.2, 0) is 4.79 Å². The number of amides is 1. The van der Waals surface area contributed by atoms with Crippen molar-refractivity contribution in [2.24, 2.45) is 5.10 Å². The maximum atomic E-state index is 12.0. The number of nitrogens with one attached hydrogen (secondary N) is 1. The molecule has 0 saturated heterocycles. The van der Waals surface area contributed by atoms with Gasteiger partial charge in [-0.15, -0.1) is 10.2 Å². The Hall–Kier alpha value is -3.73. The molecule has 11 heteroatoms. The lowest BCUT2D eigenvalue weighted by Crippen LogP contribution is -2.20. The second-order valence-electron chi connectivity index (χ2n) is 5.78. The van der Waals surface area contributed by atoms with Crippen LogP contribution in [0, 0.1) is 17.0 Å². The Kier molecular flexibility index (Phi) is 6.19. The number of phenols is 1. The van der Waals surface area contributed by atoms with Gasteiger partial charge in [-0.2, -0.15) is 5.10 Å². The van der Waals surface area contributed by atoms with Crippen molar-refractivity contribution in [2.45, 2.75) is 12.1 Å². The molecule has 1 amide bonds. The number of para-hydroxylation sites is 1. The fourth-order valence-electron chi connectivity index (χ4n) is 2.41. The average molecular weight is 412 g/mol. The third kappa shape index (κ3) is 4.96. The van der Waals surface area contributed by atoms with E-state index in [9.17, 15) is 20.0 Å². The number of aromatic nitrogens is 3. The van der Waals surface area contributed by atoms with Gasteiger partial charge in [-0.25, -0.2) is 5.43 Å². The summed E-state index contributed by atoms with van der Waals surface area (Å²) in [5, 5.41) is 33.0. The Balaban J connectivity index is 1.61. The zero-order chi connectivity index (χ0) is 20.8. The number of benzene rings is 2. The minimum atomic E-state index is -0.586. The second kappa shape index (κ2) is 8.97. The number of phenolic OH excluding ortho intramolecular Hbond substituents is 1. The molecule has 0 aliphatic heterocycles. The number of non-ortho nitro benzene ring substituents is 1. The Morgan fingerprint density at radius 1 is 1.31 bits per heavy atom. The van der Waals surface area contributed by atoms with Gasteiger partial charge in [0.2, 0.25) is 0 Å². The highest BCUT2D eigenvalue weighted by Gasteiger charge is 2.13. The van der Waals surface area contributed by atoms with Crippen LogP contribution in [0.5, 0.6) is 5.75 Å². The van der Waals surface area contributed by atoms with Gasteiger partial charge in [-0.05, 0) is 25.1 Å². The number of carbonyl (C=O) groups excluding carboxylic acids is 1. The summed E-state index contributed by atoms with van der Waals surface area (Å²) in [6.07, 6.45) is 1.14. The van der Waals surface area contributed by atoms with Crippen molar-refractivity contribution < 1.29 is 14.8 Å². The van der Waals surface area contributed by atoms with Crippen molar-refractivity contribution in [2.75, 3.05) is 5.75 Å². The van der Waals surface area contributed by atoms with E-state index >= 15 is 0 Å². The Bertz CT molecular complexity index is 1070. The molecular formula is C18H16N6O4S. The first-order chi connectivity index (χ1) is 14.0. The standard InChI is InChI=1S/C18H16N6O4S/c1-12-20-22-18(23(12)14-5-3-2-4-6-14)29-11-17(26)21-19-10-13-9-15(24(27)28)7-8-16(13)25/h2-10,25H,11H2,1H3,(H,21,26)/b19-10+. The van der Waals surface area contributed by atoms with Crippen molar-refractivity contribution in [3.8, 4) is 11.4 Å². The highest BCUT2D eigenvalue weighted by Crippen LogP contribution is 2.22. The normalized spacial score (nSPS) is 10.9. The zero-order valence-electron chi connectivity index (χ0n) is 15.2. The SMILES string of the molecule is Cc1nnc(SCC(=O)N/N=C/c2cc([N+](=O)[O-])ccc2O)n1-c1ccccc1. The third-order valence-corrected chi connectivity index (χ3v) is 4.69. The first kappa shape index (κ1) is 20.0. The lowest BCUT2D eigenvalue weighted by Gasteiger charge is -2.07. The van der Waals surface area contributed by atoms with E-state index in [1.165, 1.54) is 23.9 Å². The van der Waals surface area contributed by atoms with E-state index < -0.39 is 10.8 Å². The Morgan fingerprint density at radius 2 is 2.07 bits per heavy atom. The van der Waals surface area contributed by atoms with Crippen LogP contribution in [-0.4, -0.2) is 42.7 Å². The monoisotopic (exact) mass is 412 g/mol. The fourth-order valence-corrected chi connectivity index (χ4v) is 3.20. The zero-order valence-corrected chi connectivity index (χ0v) is 16.0. The first-order valence-corrected chi connectivity index (χ1v) is 9.34. The molecule has 3 aromatic rings. The Labute approximate surface area is 169 Å². The van der Waals surface area contributed by atoms with E-state index in [2.05, 4.69) is 20.7 Å². The molecule has 0 aliphatic rings. The predicted octanol–water partition coefficient (Wildman–Crippen LogP) is 2.43. The highest BCUT2D eigenvalue weighted by molar-refractivity contribution is 7.99. The summed E-state index contributed by atoms with van der Waals surface area (Å²) in [4.78, 5) is 22.3. The molecule has 2 N–H and O–H groups in total. The van der Waals surface area contributed by atoms with Gasteiger partial charge >= 0.3 is 0 Å². The number of hydrogen-bond donors (Lipinski definition) is 2. The van der Waals surface area contributed by atoms with Crippen molar-refractivity contribution in [3.63, 3.8) is 0 Å². The van der Waals surface area contributed by atoms with Crippen LogP contribution in [0.2, 0.25) is 0 Å². The molecule has 0 atom stereocenters. The molecule has 0 fully saturated rings. The van der Waals surface area contributed by atoms with Gasteiger partial charge in [0.25, 0.3) is 11.6 Å². The fraction of sp³-hybridized carbons (Fsp3) is 0.111. The number of hydrazone groups is 1. The number of carbonyl (C=O) groups is 1. The van der Waals surface area contributed by atoms with Crippen LogP contribution in [0.15, 0.2) is 58.8 Å². The molecule has 3 rings (SSSR count). The molecule has 2 aromatic carbocycles. The summed E-state index contributed by atoms with van der Waals surface area (Å²) < 4.78 is 1.84. The summed E-state index contributed by atoms with van der Waals surface area (Å²) in [5.74, 6) is 0.132. The molecule has 0 unspecified atom stereocenters. The van der Waals surface area contributed by atoms with Crippen LogP contribution in [0.25, 0.3) is 5.69 Å². The van der Waals surface area contributed by atoms with Crippen molar-refractivity contribution in [3.05, 3.63) is 70.0 Å². The van der Waals surface area contributed by atoms with Crippen LogP contribution in [0.3, 0.4) is 0 Å². The van der Waals surface area contributed by atoms with Gasteiger partial charge in [0.1, 0.15) is 11.6 Å². The molecule has 148 valence electrons. The van der Waals surface area contributed by atoms with Gasteiger partial charge in [-0.1, -0.05) is 30.0 Å². The summed E-state index contributed by atoms with van der Waals surface area (Å²) in [6.45, 7) is 1.82. The van der Waals surface area contributed by atoms with Gasteiger partial charge in [0, 0.05) is 23.4 Å². The lowest BCUT2D eigenvalue weighted by molar-refractivity contribution is -0.384. The summed E-state index contributed by atoms with van der Waals surface area (Å²) in [7, 11) is 0. The number of hydrogen-bond acceptors (Lipinski definition) is 8. The van der Waals surface area contributed by atoms with Crippen LogP contribution < -0.4 is 5.43 Å². The molecule has 1 aromatic heterocycles. The Morgan fingerprint density at radius 3 is 2.79 bits per heavy atom. The number of rotatable bonds is 7. The van der Waals surface area contributed by atoms with Crippen molar-refractivity contribution >= 4 is 29.6 Å². The minimum absolute atomic E-state index is 0.0310. The van der Waals surface area contributed by atoms with Crippen LogP contribution >= 0.6 is 11.8 Å². The average Bonchev–Trinajstić information content (AvgIpc) is 3.08. The molecule has 29 heavy (non-hydrogen) atoms. The number of aromatic hydroxyl groups is 1. The van der Waals surface area contributed by atoms with Crippen LogP contribution in [0.1, 0.15) is 11.4 Å². The maximum Gasteiger partial charge on any atom is 0.270 e. The molecular weight excluding hydrogens is 396 g/mol. The largest absolute Gasteiger partial charge is 0.507 e. The molecule has 0 radical (unpaired) electrons. The smallest absolute Gasteiger partial charge is 0.270 e. The summed E-state index contributed by atoms with van der Waals surface area (Å²) in [6, 6.07) is 13.0. The highest BCUT2D eigenvalue weighted by atomic mass is 32.2. The van der Waals surface area contributed by atoms with E-state index in [0.717, 1.165) is 18.0 Å². The quantitative estimate of drug-likeness (QED) is 0.263.